The highest BCUT2D eigenvalue weighted by atomic mass is 16.3. The first-order chi connectivity index (χ1) is 8.04. The maximum Gasteiger partial charge on any atom is 0.275 e. The quantitative estimate of drug-likeness (QED) is 0.780. The molecular weight excluding hydrogens is 220 g/mol. The van der Waals surface area contributed by atoms with Gasteiger partial charge in [-0.2, -0.15) is 0 Å². The van der Waals surface area contributed by atoms with Crippen molar-refractivity contribution in [1.82, 2.24) is 19.9 Å². The summed E-state index contributed by atoms with van der Waals surface area (Å²) in [6, 6.07) is 0. The number of amides is 1. The summed E-state index contributed by atoms with van der Waals surface area (Å²) in [4.78, 5) is 13.2. The van der Waals surface area contributed by atoms with Crippen molar-refractivity contribution in [1.29, 1.82) is 0 Å². The van der Waals surface area contributed by atoms with Crippen LogP contribution in [0.3, 0.4) is 0 Å². The molecule has 0 radical (unpaired) electrons. The molecule has 0 fully saturated rings. The van der Waals surface area contributed by atoms with Gasteiger partial charge in [0, 0.05) is 20.1 Å². The van der Waals surface area contributed by atoms with Gasteiger partial charge in [-0.05, 0) is 12.3 Å². The van der Waals surface area contributed by atoms with Crippen LogP contribution in [-0.4, -0.2) is 51.1 Å². The van der Waals surface area contributed by atoms with Crippen molar-refractivity contribution in [3.63, 3.8) is 0 Å². The Morgan fingerprint density at radius 2 is 2.29 bits per heavy atom. The highest BCUT2D eigenvalue weighted by molar-refractivity contribution is 5.91. The fourth-order valence-electron chi connectivity index (χ4n) is 1.34. The number of nitrogens with zero attached hydrogens (tertiary/aromatic N) is 4. The summed E-state index contributed by atoms with van der Waals surface area (Å²) >= 11 is 0. The zero-order valence-corrected chi connectivity index (χ0v) is 10.6. The number of hydrogen-bond acceptors (Lipinski definition) is 4. The predicted octanol–water partition coefficient (Wildman–Crippen LogP) is 0.388. The average molecular weight is 240 g/mol. The van der Waals surface area contributed by atoms with Gasteiger partial charge in [0.25, 0.3) is 5.91 Å². The minimum absolute atomic E-state index is 0.0519. The minimum atomic E-state index is -0.213. The molecule has 0 aromatic carbocycles. The second-order valence-electron chi connectivity index (χ2n) is 4.50. The normalized spacial score (nSPS) is 10.9. The average Bonchev–Trinajstić information content (AvgIpc) is 2.74. The van der Waals surface area contributed by atoms with E-state index in [1.807, 2.05) is 0 Å². The van der Waals surface area contributed by atoms with Crippen molar-refractivity contribution in [2.45, 2.75) is 26.8 Å². The molecule has 17 heavy (non-hydrogen) atoms. The Balaban J connectivity index is 2.58. The van der Waals surface area contributed by atoms with E-state index in [1.54, 1.807) is 17.9 Å². The molecule has 1 heterocycles. The Hall–Kier alpha value is -1.43. The van der Waals surface area contributed by atoms with Crippen molar-refractivity contribution in [3.8, 4) is 0 Å². The maximum atomic E-state index is 11.8. The number of aryl methyl sites for hydroxylation is 1. The molecule has 96 valence electrons. The lowest BCUT2D eigenvalue weighted by Gasteiger charge is -2.12. The van der Waals surface area contributed by atoms with Gasteiger partial charge in [-0.1, -0.05) is 19.1 Å². The summed E-state index contributed by atoms with van der Waals surface area (Å²) in [5, 5.41) is 16.5. The van der Waals surface area contributed by atoms with Crippen molar-refractivity contribution in [2.75, 3.05) is 20.2 Å². The van der Waals surface area contributed by atoms with E-state index in [2.05, 4.69) is 24.2 Å². The van der Waals surface area contributed by atoms with Crippen molar-refractivity contribution >= 4 is 5.91 Å². The number of carbonyl (C=O) groups excluding carboxylic acids is 1. The topological polar surface area (TPSA) is 71.2 Å². The smallest absolute Gasteiger partial charge is 0.275 e. The molecule has 0 spiro atoms. The Kier molecular flexibility index (Phi) is 5.09. The van der Waals surface area contributed by atoms with E-state index in [9.17, 15) is 4.79 Å². The van der Waals surface area contributed by atoms with Gasteiger partial charge in [0.15, 0.2) is 5.69 Å². The molecule has 1 rings (SSSR count). The first kappa shape index (κ1) is 13.6. The highest BCUT2D eigenvalue weighted by Gasteiger charge is 2.15. The molecule has 0 aliphatic rings. The number of rotatable bonds is 6. The zero-order valence-electron chi connectivity index (χ0n) is 10.6. The summed E-state index contributed by atoms with van der Waals surface area (Å²) < 4.78 is 1.68. The first-order valence-corrected chi connectivity index (χ1v) is 5.81. The minimum Gasteiger partial charge on any atom is -0.395 e. The third kappa shape index (κ3) is 4.14. The van der Waals surface area contributed by atoms with Crippen LogP contribution in [0.1, 0.15) is 30.8 Å². The molecule has 0 atom stereocenters. The number of aromatic nitrogens is 3. The molecule has 1 amide bonds. The van der Waals surface area contributed by atoms with Gasteiger partial charge in [0.1, 0.15) is 0 Å². The molecular formula is C11H20N4O2. The Bertz CT molecular complexity index is 362. The number of carbonyl (C=O) groups is 1. The number of aliphatic hydroxyl groups excluding tert-OH is 1. The van der Waals surface area contributed by atoms with Crippen LogP contribution < -0.4 is 0 Å². The lowest BCUT2D eigenvalue weighted by atomic mass is 10.1. The second kappa shape index (κ2) is 6.34. The number of hydrogen-bond donors (Lipinski definition) is 1. The van der Waals surface area contributed by atoms with Crippen LogP contribution in [0.25, 0.3) is 0 Å². The Morgan fingerprint density at radius 3 is 2.88 bits per heavy atom. The molecule has 1 aromatic rings. The number of aliphatic hydroxyl groups is 1. The van der Waals surface area contributed by atoms with Crippen LogP contribution in [0, 0.1) is 5.92 Å². The SMILES string of the molecule is CC(C)CCn1cc(C(=O)N(C)CCO)nn1. The fourth-order valence-corrected chi connectivity index (χ4v) is 1.34. The van der Waals surface area contributed by atoms with Crippen LogP contribution in [0.4, 0.5) is 0 Å². The maximum absolute atomic E-state index is 11.8. The Labute approximate surface area is 101 Å². The van der Waals surface area contributed by atoms with Crippen molar-refractivity contribution in [2.24, 2.45) is 5.92 Å². The number of likely N-dealkylation sites (N-methyl/N-ethyl adjacent to an activating group) is 1. The predicted molar refractivity (Wildman–Crippen MR) is 63.5 cm³/mol. The molecule has 1 aromatic heterocycles. The zero-order chi connectivity index (χ0) is 12.8. The molecule has 0 saturated heterocycles. The summed E-state index contributed by atoms with van der Waals surface area (Å²) in [6.07, 6.45) is 2.65. The molecule has 0 unspecified atom stereocenters. The van der Waals surface area contributed by atoms with E-state index >= 15 is 0 Å². The lowest BCUT2D eigenvalue weighted by Crippen LogP contribution is -2.29. The van der Waals surface area contributed by atoms with Gasteiger partial charge < -0.3 is 10.0 Å². The fraction of sp³-hybridized carbons (Fsp3) is 0.727. The first-order valence-electron chi connectivity index (χ1n) is 5.81. The second-order valence-corrected chi connectivity index (χ2v) is 4.50. The van der Waals surface area contributed by atoms with Crippen molar-refractivity contribution < 1.29 is 9.90 Å². The summed E-state index contributed by atoms with van der Waals surface area (Å²) in [5.74, 6) is 0.380. The molecule has 0 saturated carbocycles. The van der Waals surface area contributed by atoms with Gasteiger partial charge in [0.05, 0.1) is 12.8 Å². The largest absolute Gasteiger partial charge is 0.395 e. The summed E-state index contributed by atoms with van der Waals surface area (Å²) in [6.45, 7) is 5.29. The third-order valence-corrected chi connectivity index (χ3v) is 2.48. The lowest BCUT2D eigenvalue weighted by molar-refractivity contribution is 0.0761. The van der Waals surface area contributed by atoms with Gasteiger partial charge in [-0.15, -0.1) is 5.10 Å². The summed E-state index contributed by atoms with van der Waals surface area (Å²) in [7, 11) is 1.63. The van der Waals surface area contributed by atoms with E-state index < -0.39 is 0 Å². The van der Waals surface area contributed by atoms with Crippen LogP contribution in [0.2, 0.25) is 0 Å². The van der Waals surface area contributed by atoms with E-state index in [-0.39, 0.29) is 12.5 Å². The van der Waals surface area contributed by atoms with Gasteiger partial charge >= 0.3 is 0 Å². The monoisotopic (exact) mass is 240 g/mol. The van der Waals surface area contributed by atoms with Gasteiger partial charge in [0.2, 0.25) is 0 Å². The van der Waals surface area contributed by atoms with Crippen molar-refractivity contribution in [3.05, 3.63) is 11.9 Å². The van der Waals surface area contributed by atoms with E-state index in [0.29, 0.717) is 18.2 Å². The molecule has 6 nitrogen and oxygen atoms in total. The van der Waals surface area contributed by atoms with Crippen LogP contribution in [0.5, 0.6) is 0 Å². The van der Waals surface area contributed by atoms with Gasteiger partial charge in [-0.25, -0.2) is 0 Å². The summed E-state index contributed by atoms with van der Waals surface area (Å²) in [5.41, 5.74) is 0.324. The molecule has 0 bridgehead atoms. The van der Waals surface area contributed by atoms with Crippen LogP contribution in [0.15, 0.2) is 6.20 Å². The standard InChI is InChI=1S/C11H20N4O2/c1-9(2)4-5-15-8-10(12-13-15)11(17)14(3)6-7-16/h8-9,16H,4-7H2,1-3H3. The van der Waals surface area contributed by atoms with Crippen LogP contribution in [-0.2, 0) is 6.54 Å². The molecule has 6 heteroatoms. The molecule has 0 aliphatic heterocycles. The Morgan fingerprint density at radius 1 is 1.59 bits per heavy atom. The molecule has 1 N–H and O–H groups in total. The van der Waals surface area contributed by atoms with E-state index in [0.717, 1.165) is 13.0 Å². The van der Waals surface area contributed by atoms with E-state index in [1.165, 1.54) is 4.90 Å². The van der Waals surface area contributed by atoms with Crippen LogP contribution >= 0.6 is 0 Å². The third-order valence-electron chi connectivity index (χ3n) is 2.48. The van der Waals surface area contributed by atoms with Gasteiger partial charge in [-0.3, -0.25) is 9.48 Å². The van der Waals surface area contributed by atoms with E-state index in [4.69, 9.17) is 5.11 Å². The molecule has 0 aliphatic carbocycles. The highest BCUT2D eigenvalue weighted by Crippen LogP contribution is 2.03.